The molecule has 0 atom stereocenters. The molecule has 0 fully saturated rings. The van der Waals surface area contributed by atoms with Crippen molar-refractivity contribution < 1.29 is 8.78 Å². The van der Waals surface area contributed by atoms with Crippen molar-refractivity contribution in [2.45, 2.75) is 0 Å². The Morgan fingerprint density at radius 2 is 1.59 bits per heavy atom. The molecule has 0 saturated heterocycles. The van der Waals surface area contributed by atoms with Crippen molar-refractivity contribution in [3.05, 3.63) is 72.7 Å². The molecule has 6 nitrogen and oxygen atoms in total. The quantitative estimate of drug-likeness (QED) is 0.498. The van der Waals surface area contributed by atoms with E-state index in [2.05, 4.69) is 25.6 Å². The normalized spacial score (nSPS) is 10.7. The highest BCUT2D eigenvalue weighted by Gasteiger charge is 2.12. The molecule has 134 valence electrons. The van der Waals surface area contributed by atoms with Crippen LogP contribution in [0, 0.1) is 11.6 Å². The topological polar surface area (TPSA) is 88.8 Å². The lowest BCUT2D eigenvalue weighted by Gasteiger charge is -2.14. The molecule has 0 saturated carbocycles. The molecule has 0 aliphatic carbocycles. The van der Waals surface area contributed by atoms with Gasteiger partial charge in [-0.2, -0.15) is 0 Å². The van der Waals surface area contributed by atoms with Gasteiger partial charge in [-0.05, 0) is 36.4 Å². The first-order valence-corrected chi connectivity index (χ1v) is 8.05. The molecule has 0 unspecified atom stereocenters. The Kier molecular flexibility index (Phi) is 4.21. The number of nitrogens with zero attached hydrogens (tertiary/aromatic N) is 3. The number of nitrogen functional groups attached to an aromatic ring is 1. The Morgan fingerprint density at radius 1 is 0.815 bits per heavy atom. The molecule has 8 heteroatoms. The zero-order valence-electron chi connectivity index (χ0n) is 13.9. The third-order valence-electron chi connectivity index (χ3n) is 3.97. The van der Waals surface area contributed by atoms with Gasteiger partial charge in [0.2, 0.25) is 0 Å². The fourth-order valence-corrected chi connectivity index (χ4v) is 2.65. The molecule has 0 aliphatic heterocycles. The third-order valence-corrected chi connectivity index (χ3v) is 3.97. The van der Waals surface area contributed by atoms with E-state index in [1.165, 1.54) is 12.4 Å². The summed E-state index contributed by atoms with van der Waals surface area (Å²) in [5.74, 6) is -0.856. The largest absolute Gasteiger partial charge is 0.393 e. The molecule has 2 aromatic heterocycles. The number of nitrogens with one attached hydrogen (secondary N) is 2. The number of hydrogen-bond donors (Lipinski definition) is 3. The summed E-state index contributed by atoms with van der Waals surface area (Å²) in [4.78, 5) is 12.5. The average Bonchev–Trinajstić information content (AvgIpc) is 2.67. The van der Waals surface area contributed by atoms with Gasteiger partial charge in [-0.3, -0.25) is 4.98 Å². The minimum Gasteiger partial charge on any atom is -0.393 e. The smallest absolute Gasteiger partial charge is 0.159 e. The highest BCUT2D eigenvalue weighted by molar-refractivity contribution is 5.94. The van der Waals surface area contributed by atoms with Gasteiger partial charge in [0.05, 0.1) is 11.2 Å². The lowest BCUT2D eigenvalue weighted by molar-refractivity contribution is 0.586. The van der Waals surface area contributed by atoms with Crippen LogP contribution < -0.4 is 16.4 Å². The highest BCUT2D eigenvalue weighted by Crippen LogP contribution is 2.31. The number of nitrogens with two attached hydrogens (primary N) is 1. The van der Waals surface area contributed by atoms with E-state index >= 15 is 0 Å². The van der Waals surface area contributed by atoms with E-state index in [-0.39, 0.29) is 17.2 Å². The molecular weight excluding hydrogens is 350 g/mol. The van der Waals surface area contributed by atoms with Crippen LogP contribution in [0.4, 0.5) is 37.5 Å². The van der Waals surface area contributed by atoms with Crippen LogP contribution in [-0.2, 0) is 0 Å². The standard InChI is InChI=1S/C19H14F2N6/c20-11-6-7-16(13(21)9-11)27-19-17(22)18(24-10-25-19)26-15-5-1-4-14-12(15)3-2-8-23-14/h1-10H,22H2,(H2,24,25,26,27). The SMILES string of the molecule is Nc1c(Nc2ccc(F)cc2F)ncnc1Nc1cccc2ncccc12. The molecule has 4 N–H and O–H groups in total. The number of benzene rings is 2. The molecule has 0 radical (unpaired) electrons. The maximum atomic E-state index is 13.9. The van der Waals surface area contributed by atoms with Gasteiger partial charge in [-0.15, -0.1) is 0 Å². The molecule has 0 bridgehead atoms. The van der Waals surface area contributed by atoms with Gasteiger partial charge in [0, 0.05) is 23.3 Å². The molecule has 27 heavy (non-hydrogen) atoms. The number of pyridine rings is 1. The van der Waals surface area contributed by atoms with E-state index in [4.69, 9.17) is 5.73 Å². The Bertz CT molecular complexity index is 1130. The maximum Gasteiger partial charge on any atom is 0.159 e. The number of anilines is 5. The van der Waals surface area contributed by atoms with Crippen molar-refractivity contribution in [1.29, 1.82) is 0 Å². The van der Waals surface area contributed by atoms with Crippen LogP contribution in [-0.4, -0.2) is 15.0 Å². The van der Waals surface area contributed by atoms with E-state index in [0.29, 0.717) is 5.82 Å². The van der Waals surface area contributed by atoms with Crippen LogP contribution in [0.5, 0.6) is 0 Å². The van der Waals surface area contributed by atoms with Gasteiger partial charge in [0.25, 0.3) is 0 Å². The molecule has 0 spiro atoms. The molecule has 2 aromatic carbocycles. The van der Waals surface area contributed by atoms with Gasteiger partial charge >= 0.3 is 0 Å². The molecular formula is C19H14F2N6. The monoisotopic (exact) mass is 364 g/mol. The molecule has 0 aliphatic rings. The summed E-state index contributed by atoms with van der Waals surface area (Å²) < 4.78 is 26.9. The zero-order valence-corrected chi connectivity index (χ0v) is 13.9. The summed E-state index contributed by atoms with van der Waals surface area (Å²) in [6.07, 6.45) is 3.01. The van der Waals surface area contributed by atoms with Gasteiger partial charge in [-0.25, -0.2) is 18.7 Å². The van der Waals surface area contributed by atoms with E-state index in [1.807, 2.05) is 30.3 Å². The lowest BCUT2D eigenvalue weighted by Crippen LogP contribution is -2.06. The Labute approximate surface area is 153 Å². The first-order chi connectivity index (χ1) is 13.1. The van der Waals surface area contributed by atoms with E-state index < -0.39 is 11.6 Å². The Balaban J connectivity index is 1.67. The fourth-order valence-electron chi connectivity index (χ4n) is 2.65. The van der Waals surface area contributed by atoms with Crippen molar-refractivity contribution in [3.63, 3.8) is 0 Å². The summed E-state index contributed by atoms with van der Waals surface area (Å²) in [6, 6.07) is 12.6. The minimum atomic E-state index is -0.748. The van der Waals surface area contributed by atoms with Gasteiger partial charge < -0.3 is 16.4 Å². The summed E-state index contributed by atoms with van der Waals surface area (Å²) >= 11 is 0. The van der Waals surface area contributed by atoms with Crippen LogP contribution in [0.2, 0.25) is 0 Å². The lowest BCUT2D eigenvalue weighted by atomic mass is 10.2. The summed E-state index contributed by atoms with van der Waals surface area (Å²) in [6.45, 7) is 0. The number of halogens is 2. The van der Waals surface area contributed by atoms with Crippen LogP contribution in [0.3, 0.4) is 0 Å². The van der Waals surface area contributed by atoms with E-state index in [0.717, 1.165) is 28.7 Å². The minimum absolute atomic E-state index is 0.0575. The molecule has 4 aromatic rings. The first-order valence-electron chi connectivity index (χ1n) is 8.05. The fraction of sp³-hybridized carbons (Fsp3) is 0. The van der Waals surface area contributed by atoms with Crippen LogP contribution in [0.15, 0.2) is 61.1 Å². The summed E-state index contributed by atoms with van der Waals surface area (Å²) in [5.41, 5.74) is 7.98. The molecule has 2 heterocycles. The Morgan fingerprint density at radius 3 is 2.37 bits per heavy atom. The van der Waals surface area contributed by atoms with Crippen molar-refractivity contribution in [2.75, 3.05) is 16.4 Å². The second-order valence-corrected chi connectivity index (χ2v) is 5.73. The van der Waals surface area contributed by atoms with Gasteiger partial charge in [-0.1, -0.05) is 6.07 Å². The predicted molar refractivity (Wildman–Crippen MR) is 101 cm³/mol. The zero-order chi connectivity index (χ0) is 18.8. The van der Waals surface area contributed by atoms with Crippen LogP contribution in [0.25, 0.3) is 10.9 Å². The summed E-state index contributed by atoms with van der Waals surface area (Å²) in [5, 5.41) is 6.82. The van der Waals surface area contributed by atoms with Crippen molar-refractivity contribution in [2.24, 2.45) is 0 Å². The molecule has 4 rings (SSSR count). The third kappa shape index (κ3) is 3.32. The van der Waals surface area contributed by atoms with Gasteiger partial charge in [0.15, 0.2) is 11.6 Å². The van der Waals surface area contributed by atoms with Crippen molar-refractivity contribution >= 4 is 39.6 Å². The van der Waals surface area contributed by atoms with Crippen molar-refractivity contribution in [3.8, 4) is 0 Å². The van der Waals surface area contributed by atoms with Gasteiger partial charge in [0.1, 0.15) is 23.6 Å². The first kappa shape index (κ1) is 16.6. The number of fused-ring (bicyclic) bond motifs is 1. The maximum absolute atomic E-state index is 13.9. The Hall–Kier alpha value is -3.81. The molecule has 0 amide bonds. The second kappa shape index (κ2) is 6.83. The van der Waals surface area contributed by atoms with Crippen LogP contribution >= 0.6 is 0 Å². The summed E-state index contributed by atoms with van der Waals surface area (Å²) in [7, 11) is 0. The average molecular weight is 364 g/mol. The number of hydrogen-bond acceptors (Lipinski definition) is 6. The second-order valence-electron chi connectivity index (χ2n) is 5.73. The van der Waals surface area contributed by atoms with Crippen molar-refractivity contribution in [1.82, 2.24) is 15.0 Å². The number of rotatable bonds is 4. The number of aromatic nitrogens is 3. The van der Waals surface area contributed by atoms with E-state index in [9.17, 15) is 8.78 Å². The van der Waals surface area contributed by atoms with E-state index in [1.54, 1.807) is 6.20 Å². The highest BCUT2D eigenvalue weighted by atomic mass is 19.1. The predicted octanol–water partition coefficient (Wildman–Crippen LogP) is 4.37. The van der Waals surface area contributed by atoms with Crippen LogP contribution in [0.1, 0.15) is 0 Å².